The Balaban J connectivity index is 2.40. The summed E-state index contributed by atoms with van der Waals surface area (Å²) in [7, 11) is 0. The predicted octanol–water partition coefficient (Wildman–Crippen LogP) is 3.97. The molecule has 3 heteroatoms. The lowest BCUT2D eigenvalue weighted by atomic mass is 10.1. The number of nitrogens with one attached hydrogen (secondary N) is 1. The van der Waals surface area contributed by atoms with Crippen LogP contribution in [0.15, 0.2) is 30.9 Å². The van der Waals surface area contributed by atoms with Gasteiger partial charge in [-0.15, -0.1) is 6.58 Å². The lowest BCUT2D eigenvalue weighted by molar-refractivity contribution is 0.301. The minimum atomic E-state index is 0.679. The van der Waals surface area contributed by atoms with Gasteiger partial charge in [-0.2, -0.15) is 0 Å². The smallest absolute Gasteiger partial charge is 0.123 e. The van der Waals surface area contributed by atoms with E-state index in [0.717, 1.165) is 56.0 Å². The van der Waals surface area contributed by atoms with Gasteiger partial charge in [-0.25, -0.2) is 0 Å². The average molecular weight is 291 g/mol. The minimum absolute atomic E-state index is 0.679. The van der Waals surface area contributed by atoms with Gasteiger partial charge in [0.05, 0.1) is 13.2 Å². The van der Waals surface area contributed by atoms with Crippen molar-refractivity contribution in [2.75, 3.05) is 26.3 Å². The summed E-state index contributed by atoms with van der Waals surface area (Å²) < 4.78 is 11.4. The Bertz CT molecular complexity index is 404. The van der Waals surface area contributed by atoms with Crippen molar-refractivity contribution < 1.29 is 9.47 Å². The third kappa shape index (κ3) is 7.19. The molecule has 0 aliphatic rings. The normalized spacial score (nSPS) is 10.4. The number of hydrogen-bond acceptors (Lipinski definition) is 3. The van der Waals surface area contributed by atoms with E-state index in [1.807, 2.05) is 31.2 Å². The molecular weight excluding hydrogens is 262 g/mol. The zero-order valence-electron chi connectivity index (χ0n) is 13.5. The first-order valence-corrected chi connectivity index (χ1v) is 8.02. The Hall–Kier alpha value is -1.48. The Morgan fingerprint density at radius 3 is 2.71 bits per heavy atom. The third-order valence-corrected chi connectivity index (χ3v) is 3.14. The van der Waals surface area contributed by atoms with E-state index in [2.05, 4.69) is 18.8 Å². The maximum absolute atomic E-state index is 5.90. The molecule has 0 heterocycles. The molecule has 0 saturated carbocycles. The van der Waals surface area contributed by atoms with Crippen molar-refractivity contribution in [3.05, 3.63) is 36.4 Å². The van der Waals surface area contributed by atoms with Crippen molar-refractivity contribution >= 4 is 0 Å². The molecule has 0 unspecified atom stereocenters. The molecule has 1 N–H and O–H groups in total. The number of unbranched alkanes of at least 4 members (excludes halogenated alkanes) is 1. The van der Waals surface area contributed by atoms with Crippen molar-refractivity contribution in [3.8, 4) is 11.5 Å². The van der Waals surface area contributed by atoms with Crippen molar-refractivity contribution in [2.45, 2.75) is 39.5 Å². The van der Waals surface area contributed by atoms with E-state index in [1.54, 1.807) is 0 Å². The summed E-state index contributed by atoms with van der Waals surface area (Å²) in [4.78, 5) is 0. The molecule has 0 radical (unpaired) electrons. The topological polar surface area (TPSA) is 30.5 Å². The van der Waals surface area contributed by atoms with Gasteiger partial charge in [-0.3, -0.25) is 0 Å². The molecule has 0 fully saturated rings. The SMILES string of the molecule is C=CCc1cc(OCC)ccc1OCCCCNCCC. The number of allylic oxidation sites excluding steroid dienone is 1. The molecule has 0 spiro atoms. The molecule has 0 aliphatic heterocycles. The largest absolute Gasteiger partial charge is 0.494 e. The minimum Gasteiger partial charge on any atom is -0.494 e. The molecule has 0 bridgehead atoms. The standard InChI is InChI=1S/C18H29NO2/c1-4-9-16-15-17(20-6-3)10-11-18(16)21-14-8-7-13-19-12-5-2/h4,10-11,15,19H,1,5-9,12-14H2,2-3H3. The first kappa shape index (κ1) is 17.6. The Morgan fingerprint density at radius 1 is 1.14 bits per heavy atom. The van der Waals surface area contributed by atoms with Crippen LogP contribution >= 0.6 is 0 Å². The van der Waals surface area contributed by atoms with E-state index in [-0.39, 0.29) is 0 Å². The summed E-state index contributed by atoms with van der Waals surface area (Å²) in [5.74, 6) is 1.84. The van der Waals surface area contributed by atoms with Crippen LogP contribution in [0.4, 0.5) is 0 Å². The lowest BCUT2D eigenvalue weighted by Crippen LogP contribution is -2.16. The fraction of sp³-hybridized carbons (Fsp3) is 0.556. The van der Waals surface area contributed by atoms with Gasteiger partial charge in [0.1, 0.15) is 11.5 Å². The first-order chi connectivity index (χ1) is 10.3. The summed E-state index contributed by atoms with van der Waals surface area (Å²) in [6.45, 7) is 11.6. The molecule has 3 nitrogen and oxygen atoms in total. The molecule has 0 amide bonds. The quantitative estimate of drug-likeness (QED) is 0.467. The van der Waals surface area contributed by atoms with Crippen molar-refractivity contribution in [1.29, 1.82) is 0 Å². The number of ether oxygens (including phenoxy) is 2. The second-order valence-corrected chi connectivity index (χ2v) is 5.00. The Kier molecular flexibility index (Phi) is 9.38. The number of benzene rings is 1. The van der Waals surface area contributed by atoms with Gasteiger partial charge < -0.3 is 14.8 Å². The highest BCUT2D eigenvalue weighted by molar-refractivity contribution is 5.41. The van der Waals surface area contributed by atoms with E-state index < -0.39 is 0 Å². The highest BCUT2D eigenvalue weighted by atomic mass is 16.5. The summed E-state index contributed by atoms with van der Waals surface area (Å²) in [6, 6.07) is 6.01. The van der Waals surface area contributed by atoms with Crippen molar-refractivity contribution in [3.63, 3.8) is 0 Å². The van der Waals surface area contributed by atoms with Crippen molar-refractivity contribution in [1.82, 2.24) is 5.32 Å². The summed E-state index contributed by atoms with van der Waals surface area (Å²) >= 11 is 0. The highest BCUT2D eigenvalue weighted by Gasteiger charge is 2.05. The first-order valence-electron chi connectivity index (χ1n) is 8.02. The molecule has 1 aromatic rings. The van der Waals surface area contributed by atoms with Gasteiger partial charge in [0, 0.05) is 5.56 Å². The van der Waals surface area contributed by atoms with Gasteiger partial charge >= 0.3 is 0 Å². The molecule has 0 aliphatic carbocycles. The monoisotopic (exact) mass is 291 g/mol. The van der Waals surface area contributed by atoms with Crippen LogP contribution in [0.1, 0.15) is 38.7 Å². The molecule has 1 rings (SSSR count). The van der Waals surface area contributed by atoms with Crippen molar-refractivity contribution in [2.24, 2.45) is 0 Å². The van der Waals surface area contributed by atoms with Crippen LogP contribution in [0.25, 0.3) is 0 Å². The fourth-order valence-electron chi connectivity index (χ4n) is 2.10. The molecule has 0 aromatic heterocycles. The van der Waals surface area contributed by atoms with Gasteiger partial charge in [0.2, 0.25) is 0 Å². The molecule has 0 atom stereocenters. The van der Waals surface area contributed by atoms with Gasteiger partial charge in [0.15, 0.2) is 0 Å². The Labute approximate surface area is 129 Å². The maximum atomic E-state index is 5.90. The van der Waals surface area contributed by atoms with Crippen LogP contribution in [0, 0.1) is 0 Å². The zero-order chi connectivity index (χ0) is 15.3. The zero-order valence-corrected chi connectivity index (χ0v) is 13.5. The van der Waals surface area contributed by atoms with Gasteiger partial charge in [-0.1, -0.05) is 13.0 Å². The number of rotatable bonds is 12. The summed E-state index contributed by atoms with van der Waals surface area (Å²) in [5.41, 5.74) is 1.14. The van der Waals surface area contributed by atoms with E-state index in [1.165, 1.54) is 6.42 Å². The van der Waals surface area contributed by atoms with E-state index >= 15 is 0 Å². The van der Waals surface area contributed by atoms with Crippen LogP contribution in [0.2, 0.25) is 0 Å². The lowest BCUT2D eigenvalue weighted by Gasteiger charge is -2.12. The van der Waals surface area contributed by atoms with Crippen LogP contribution in [0.5, 0.6) is 11.5 Å². The van der Waals surface area contributed by atoms with Crippen LogP contribution in [0.3, 0.4) is 0 Å². The van der Waals surface area contributed by atoms with E-state index in [9.17, 15) is 0 Å². The molecule has 118 valence electrons. The van der Waals surface area contributed by atoms with Crippen LogP contribution in [-0.4, -0.2) is 26.3 Å². The summed E-state index contributed by atoms with van der Waals surface area (Å²) in [5, 5.41) is 3.40. The predicted molar refractivity (Wildman–Crippen MR) is 89.4 cm³/mol. The maximum Gasteiger partial charge on any atom is 0.123 e. The molecule has 21 heavy (non-hydrogen) atoms. The van der Waals surface area contributed by atoms with E-state index in [4.69, 9.17) is 9.47 Å². The average Bonchev–Trinajstić information content (AvgIpc) is 2.49. The second kappa shape index (κ2) is 11.2. The van der Waals surface area contributed by atoms with Crippen LogP contribution in [-0.2, 0) is 6.42 Å². The summed E-state index contributed by atoms with van der Waals surface area (Å²) in [6.07, 6.45) is 6.10. The fourth-order valence-corrected chi connectivity index (χ4v) is 2.10. The molecule has 1 aromatic carbocycles. The molecular formula is C18H29NO2. The van der Waals surface area contributed by atoms with E-state index in [0.29, 0.717) is 6.61 Å². The second-order valence-electron chi connectivity index (χ2n) is 5.00. The molecule has 0 saturated heterocycles. The highest BCUT2D eigenvalue weighted by Crippen LogP contribution is 2.25. The van der Waals surface area contributed by atoms with Crippen LogP contribution < -0.4 is 14.8 Å². The Morgan fingerprint density at radius 2 is 2.00 bits per heavy atom. The third-order valence-electron chi connectivity index (χ3n) is 3.14. The van der Waals surface area contributed by atoms with Gasteiger partial charge in [-0.05, 0) is 63.9 Å². The van der Waals surface area contributed by atoms with Gasteiger partial charge in [0.25, 0.3) is 0 Å². The number of hydrogen-bond donors (Lipinski definition) is 1.